The molecule has 0 fully saturated rings. The van der Waals surface area contributed by atoms with Gasteiger partial charge in [-0.3, -0.25) is 10.1 Å². The van der Waals surface area contributed by atoms with Gasteiger partial charge >= 0.3 is 12.0 Å². The second-order valence-electron chi connectivity index (χ2n) is 5.85. The van der Waals surface area contributed by atoms with Crippen molar-refractivity contribution in [2.45, 2.75) is 0 Å². The van der Waals surface area contributed by atoms with Crippen LogP contribution >= 0.6 is 0 Å². The van der Waals surface area contributed by atoms with Crippen LogP contribution in [0.2, 0.25) is 0 Å². The summed E-state index contributed by atoms with van der Waals surface area (Å²) in [7, 11) is 5.76. The smallest absolute Gasteiger partial charge is 0.337 e. The molecule has 10 heteroatoms. The van der Waals surface area contributed by atoms with Crippen molar-refractivity contribution in [3.8, 4) is 28.7 Å². The second-order valence-corrected chi connectivity index (χ2v) is 5.85. The molecule has 10 nitrogen and oxygen atoms in total. The molecule has 0 atom stereocenters. The third kappa shape index (κ3) is 4.17. The van der Waals surface area contributed by atoms with Gasteiger partial charge in [-0.25, -0.2) is 4.79 Å². The quantitative estimate of drug-likeness (QED) is 0.583. The molecule has 1 N–H and O–H groups in total. The summed E-state index contributed by atoms with van der Waals surface area (Å²) < 4.78 is 26.1. The highest BCUT2D eigenvalue weighted by Crippen LogP contribution is 2.41. The van der Waals surface area contributed by atoms with E-state index in [0.29, 0.717) is 33.9 Å². The number of nitrogens with zero attached hydrogens (tertiary/aromatic N) is 2. The van der Waals surface area contributed by atoms with Crippen LogP contribution in [0.3, 0.4) is 0 Å². The van der Waals surface area contributed by atoms with E-state index in [2.05, 4.69) is 20.3 Å². The molecule has 0 saturated heterocycles. The van der Waals surface area contributed by atoms with E-state index in [0.717, 1.165) is 0 Å². The minimum absolute atomic E-state index is 0.0965. The van der Waals surface area contributed by atoms with Crippen LogP contribution in [-0.4, -0.2) is 50.5 Å². The molecule has 0 saturated carbocycles. The van der Waals surface area contributed by atoms with E-state index in [4.69, 9.17) is 18.6 Å². The number of methoxy groups -OCH3 is 4. The topological polar surface area (TPSA) is 122 Å². The molecule has 1 aromatic heterocycles. The number of hydrogen-bond donors (Lipinski definition) is 1. The van der Waals surface area contributed by atoms with Gasteiger partial charge in [0.25, 0.3) is 5.91 Å². The van der Waals surface area contributed by atoms with Crippen LogP contribution in [0.4, 0.5) is 6.01 Å². The van der Waals surface area contributed by atoms with E-state index in [9.17, 15) is 9.59 Å². The number of ether oxygens (including phenoxy) is 4. The molecule has 2 aromatic carbocycles. The largest absolute Gasteiger partial charge is 0.493 e. The lowest BCUT2D eigenvalue weighted by atomic mass is 10.1. The van der Waals surface area contributed by atoms with Crippen molar-refractivity contribution in [2.75, 3.05) is 33.8 Å². The molecule has 30 heavy (non-hydrogen) atoms. The molecule has 0 aliphatic rings. The summed E-state index contributed by atoms with van der Waals surface area (Å²) in [5.74, 6) is 0.431. The first-order chi connectivity index (χ1) is 14.5. The summed E-state index contributed by atoms with van der Waals surface area (Å²) in [5.41, 5.74) is 1.15. The fraction of sp³-hybridized carbons (Fsp3) is 0.200. The van der Waals surface area contributed by atoms with Crippen molar-refractivity contribution in [1.29, 1.82) is 0 Å². The monoisotopic (exact) mass is 413 g/mol. The highest BCUT2D eigenvalue weighted by Gasteiger charge is 2.18. The maximum absolute atomic E-state index is 12.4. The van der Waals surface area contributed by atoms with Gasteiger partial charge in [0.2, 0.25) is 11.6 Å². The van der Waals surface area contributed by atoms with Crippen LogP contribution in [0.5, 0.6) is 17.2 Å². The number of benzene rings is 2. The van der Waals surface area contributed by atoms with Crippen LogP contribution in [0.1, 0.15) is 20.7 Å². The molecule has 0 aliphatic heterocycles. The maximum Gasteiger partial charge on any atom is 0.337 e. The number of aromatic nitrogens is 2. The number of anilines is 1. The zero-order chi connectivity index (χ0) is 21.7. The van der Waals surface area contributed by atoms with Gasteiger partial charge in [-0.1, -0.05) is 5.10 Å². The molecule has 3 aromatic rings. The number of hydrogen-bond acceptors (Lipinski definition) is 9. The van der Waals surface area contributed by atoms with Crippen molar-refractivity contribution in [3.63, 3.8) is 0 Å². The van der Waals surface area contributed by atoms with Gasteiger partial charge in [0.15, 0.2) is 11.5 Å². The summed E-state index contributed by atoms with van der Waals surface area (Å²) >= 11 is 0. The molecular formula is C20H19N3O7. The van der Waals surface area contributed by atoms with E-state index in [1.54, 1.807) is 12.1 Å². The predicted molar refractivity (Wildman–Crippen MR) is 105 cm³/mol. The van der Waals surface area contributed by atoms with Gasteiger partial charge in [-0.15, -0.1) is 5.10 Å². The summed E-state index contributed by atoms with van der Waals surface area (Å²) in [6, 6.07) is 9.13. The normalized spacial score (nSPS) is 10.3. The van der Waals surface area contributed by atoms with Gasteiger partial charge in [-0.2, -0.15) is 0 Å². The Morgan fingerprint density at radius 1 is 0.867 bits per heavy atom. The summed E-state index contributed by atoms with van der Waals surface area (Å²) in [4.78, 5) is 23.9. The highest BCUT2D eigenvalue weighted by atomic mass is 16.5. The SMILES string of the molecule is COC(=O)c1ccc(C(=O)Nc2nnc(-c3cc(OC)c(OC)c(OC)c3)o2)cc1. The Labute approximate surface area is 171 Å². The van der Waals surface area contributed by atoms with Crippen LogP contribution in [-0.2, 0) is 4.74 Å². The Bertz CT molecular complexity index is 1040. The number of carbonyl (C=O) groups is 2. The summed E-state index contributed by atoms with van der Waals surface area (Å²) in [5, 5.41) is 10.3. The average Bonchev–Trinajstić information content (AvgIpc) is 3.25. The van der Waals surface area contributed by atoms with Crippen LogP contribution in [0, 0.1) is 0 Å². The molecule has 0 radical (unpaired) electrons. The fourth-order valence-electron chi connectivity index (χ4n) is 2.64. The first kappa shape index (κ1) is 20.6. The lowest BCUT2D eigenvalue weighted by Crippen LogP contribution is -2.12. The Balaban J connectivity index is 1.80. The molecule has 0 bridgehead atoms. The summed E-state index contributed by atoms with van der Waals surface area (Å²) in [6.07, 6.45) is 0. The van der Waals surface area contributed by atoms with Crippen molar-refractivity contribution in [3.05, 3.63) is 47.5 Å². The van der Waals surface area contributed by atoms with E-state index < -0.39 is 11.9 Å². The molecule has 0 unspecified atom stereocenters. The third-order valence-corrected chi connectivity index (χ3v) is 4.13. The number of rotatable bonds is 7. The zero-order valence-corrected chi connectivity index (χ0v) is 16.7. The zero-order valence-electron chi connectivity index (χ0n) is 16.7. The fourth-order valence-corrected chi connectivity index (χ4v) is 2.64. The number of nitrogens with one attached hydrogen (secondary N) is 1. The van der Waals surface area contributed by atoms with Gasteiger partial charge in [-0.05, 0) is 36.4 Å². The minimum Gasteiger partial charge on any atom is -0.493 e. The van der Waals surface area contributed by atoms with Crippen molar-refractivity contribution in [2.24, 2.45) is 0 Å². The number of esters is 1. The minimum atomic E-state index is -0.492. The molecule has 1 amide bonds. The van der Waals surface area contributed by atoms with Gasteiger partial charge in [0, 0.05) is 11.1 Å². The van der Waals surface area contributed by atoms with Crippen LogP contribution in [0.15, 0.2) is 40.8 Å². The first-order valence-electron chi connectivity index (χ1n) is 8.64. The molecule has 156 valence electrons. The molecule has 1 heterocycles. The third-order valence-electron chi connectivity index (χ3n) is 4.13. The summed E-state index contributed by atoms with van der Waals surface area (Å²) in [6.45, 7) is 0. The van der Waals surface area contributed by atoms with Crippen LogP contribution in [0.25, 0.3) is 11.5 Å². The van der Waals surface area contributed by atoms with Gasteiger partial charge in [0.1, 0.15) is 0 Å². The number of carbonyl (C=O) groups excluding carboxylic acids is 2. The maximum atomic E-state index is 12.4. The van der Waals surface area contributed by atoms with E-state index in [-0.39, 0.29) is 11.9 Å². The Kier molecular flexibility index (Phi) is 6.16. The van der Waals surface area contributed by atoms with Gasteiger partial charge < -0.3 is 23.4 Å². The van der Waals surface area contributed by atoms with E-state index >= 15 is 0 Å². The standard InChI is InChI=1S/C20H19N3O7/c1-26-14-9-13(10-15(27-2)16(14)28-3)18-22-23-20(30-18)21-17(24)11-5-7-12(8-6-11)19(25)29-4/h5-10H,1-4H3,(H,21,23,24). The molecule has 3 rings (SSSR count). The lowest BCUT2D eigenvalue weighted by Gasteiger charge is -2.12. The van der Waals surface area contributed by atoms with Crippen molar-refractivity contribution >= 4 is 17.9 Å². The van der Waals surface area contributed by atoms with Crippen molar-refractivity contribution < 1.29 is 33.0 Å². The van der Waals surface area contributed by atoms with Gasteiger partial charge in [0.05, 0.1) is 34.0 Å². The first-order valence-corrected chi connectivity index (χ1v) is 8.64. The Hall–Kier alpha value is -4.08. The van der Waals surface area contributed by atoms with E-state index in [1.165, 1.54) is 52.7 Å². The van der Waals surface area contributed by atoms with Crippen LogP contribution < -0.4 is 19.5 Å². The average molecular weight is 413 g/mol. The van der Waals surface area contributed by atoms with Crippen molar-refractivity contribution in [1.82, 2.24) is 10.2 Å². The molecule has 0 aliphatic carbocycles. The predicted octanol–water partition coefficient (Wildman–Crippen LogP) is 2.80. The highest BCUT2D eigenvalue weighted by molar-refractivity contribution is 6.03. The lowest BCUT2D eigenvalue weighted by molar-refractivity contribution is 0.0600. The number of amides is 1. The Morgan fingerprint density at radius 2 is 1.47 bits per heavy atom. The second kappa shape index (κ2) is 8.95. The van der Waals surface area contributed by atoms with E-state index in [1.807, 2.05) is 0 Å². The Morgan fingerprint density at radius 3 is 2.00 bits per heavy atom. The molecule has 0 spiro atoms. The molecular weight excluding hydrogens is 394 g/mol.